The Morgan fingerprint density at radius 2 is 2.00 bits per heavy atom. The molecule has 6 nitrogen and oxygen atoms in total. The summed E-state index contributed by atoms with van der Waals surface area (Å²) >= 11 is 0. The Bertz CT molecular complexity index is 406. The molecule has 0 atom stereocenters. The Morgan fingerprint density at radius 3 is 2.59 bits per heavy atom. The van der Waals surface area contributed by atoms with Crippen LogP contribution in [0.3, 0.4) is 0 Å². The molecule has 3 heterocycles. The molecular weight excluding hydrogens is 218 g/mol. The standard InChI is InChI=1S/C11H15N5O/c17-10-8-15(11-13-2-1-3-14-11)4-5-16(10)9-6-12-7-9/h1-3,9,12H,4-8H2. The molecule has 1 aromatic heterocycles. The minimum absolute atomic E-state index is 0.176. The zero-order valence-electron chi connectivity index (χ0n) is 9.54. The minimum atomic E-state index is 0.176. The van der Waals surface area contributed by atoms with E-state index in [4.69, 9.17) is 0 Å². The normalized spacial score (nSPS) is 21.5. The second-order valence-electron chi connectivity index (χ2n) is 4.37. The van der Waals surface area contributed by atoms with Gasteiger partial charge in [0.2, 0.25) is 11.9 Å². The highest BCUT2D eigenvalue weighted by Crippen LogP contribution is 2.14. The molecule has 0 aliphatic carbocycles. The summed E-state index contributed by atoms with van der Waals surface area (Å²) in [6, 6.07) is 2.17. The number of piperazine rings is 1. The zero-order chi connectivity index (χ0) is 11.7. The van der Waals surface area contributed by atoms with Crippen LogP contribution in [0.25, 0.3) is 0 Å². The van der Waals surface area contributed by atoms with Crippen LogP contribution in [-0.2, 0) is 4.79 Å². The molecule has 17 heavy (non-hydrogen) atoms. The van der Waals surface area contributed by atoms with Gasteiger partial charge in [0.05, 0.1) is 6.04 Å². The van der Waals surface area contributed by atoms with Gasteiger partial charge in [-0.1, -0.05) is 0 Å². The average molecular weight is 233 g/mol. The molecule has 0 unspecified atom stereocenters. The third kappa shape index (κ3) is 1.95. The van der Waals surface area contributed by atoms with Crippen molar-refractivity contribution in [3.63, 3.8) is 0 Å². The molecule has 2 fully saturated rings. The molecule has 1 amide bonds. The maximum absolute atomic E-state index is 12.0. The Hall–Kier alpha value is -1.69. The molecule has 90 valence electrons. The number of amides is 1. The van der Waals surface area contributed by atoms with Crippen molar-refractivity contribution >= 4 is 11.9 Å². The molecule has 2 aliphatic heterocycles. The first kappa shape index (κ1) is 10.5. The first-order valence-corrected chi connectivity index (χ1v) is 5.87. The summed E-state index contributed by atoms with van der Waals surface area (Å²) in [5.74, 6) is 0.822. The van der Waals surface area contributed by atoms with Crippen LogP contribution in [0.4, 0.5) is 5.95 Å². The van der Waals surface area contributed by atoms with Crippen molar-refractivity contribution in [2.24, 2.45) is 0 Å². The Kier molecular flexibility index (Phi) is 2.64. The van der Waals surface area contributed by atoms with Crippen LogP contribution < -0.4 is 10.2 Å². The van der Waals surface area contributed by atoms with Crippen molar-refractivity contribution < 1.29 is 4.79 Å². The Morgan fingerprint density at radius 1 is 1.24 bits per heavy atom. The summed E-state index contributed by atoms with van der Waals surface area (Å²) in [6.45, 7) is 3.82. The maximum Gasteiger partial charge on any atom is 0.242 e. The van der Waals surface area contributed by atoms with E-state index in [-0.39, 0.29) is 5.91 Å². The van der Waals surface area contributed by atoms with E-state index < -0.39 is 0 Å². The van der Waals surface area contributed by atoms with Gasteiger partial charge in [-0.05, 0) is 6.07 Å². The lowest BCUT2D eigenvalue weighted by atomic mass is 10.1. The van der Waals surface area contributed by atoms with Gasteiger partial charge in [-0.15, -0.1) is 0 Å². The summed E-state index contributed by atoms with van der Waals surface area (Å²) < 4.78 is 0. The van der Waals surface area contributed by atoms with Crippen LogP contribution in [0.2, 0.25) is 0 Å². The molecule has 3 rings (SSSR count). The molecule has 0 bridgehead atoms. The number of nitrogens with one attached hydrogen (secondary N) is 1. The smallest absolute Gasteiger partial charge is 0.242 e. The minimum Gasteiger partial charge on any atom is -0.334 e. The molecule has 2 saturated heterocycles. The third-order valence-corrected chi connectivity index (χ3v) is 3.29. The fourth-order valence-electron chi connectivity index (χ4n) is 2.19. The van der Waals surface area contributed by atoms with Crippen LogP contribution in [0.1, 0.15) is 0 Å². The van der Waals surface area contributed by atoms with E-state index in [1.165, 1.54) is 0 Å². The largest absolute Gasteiger partial charge is 0.334 e. The van der Waals surface area contributed by atoms with Crippen LogP contribution in [-0.4, -0.2) is 59.5 Å². The van der Waals surface area contributed by atoms with Gasteiger partial charge >= 0.3 is 0 Å². The van der Waals surface area contributed by atoms with E-state index in [1.807, 2.05) is 9.80 Å². The summed E-state index contributed by atoms with van der Waals surface area (Å²) in [4.78, 5) is 24.3. The van der Waals surface area contributed by atoms with Crippen molar-refractivity contribution in [3.8, 4) is 0 Å². The maximum atomic E-state index is 12.0. The number of hydrogen-bond donors (Lipinski definition) is 1. The number of rotatable bonds is 2. The van der Waals surface area contributed by atoms with E-state index in [0.29, 0.717) is 18.5 Å². The van der Waals surface area contributed by atoms with Gasteiger partial charge in [-0.3, -0.25) is 4.79 Å². The highest BCUT2D eigenvalue weighted by Gasteiger charge is 2.33. The average Bonchev–Trinajstić information content (AvgIpc) is 2.30. The first-order valence-electron chi connectivity index (χ1n) is 5.87. The van der Waals surface area contributed by atoms with Gasteiger partial charge in [0.1, 0.15) is 6.54 Å². The lowest BCUT2D eigenvalue weighted by molar-refractivity contribution is -0.134. The van der Waals surface area contributed by atoms with Gasteiger partial charge in [0.15, 0.2) is 0 Å². The Balaban J connectivity index is 1.67. The number of nitrogens with zero attached hydrogens (tertiary/aromatic N) is 4. The molecular formula is C11H15N5O. The van der Waals surface area contributed by atoms with Crippen molar-refractivity contribution in [2.45, 2.75) is 6.04 Å². The fourth-order valence-corrected chi connectivity index (χ4v) is 2.19. The summed E-state index contributed by atoms with van der Waals surface area (Å²) in [7, 11) is 0. The predicted octanol–water partition coefficient (Wildman–Crippen LogP) is -0.903. The highest BCUT2D eigenvalue weighted by molar-refractivity contribution is 5.82. The summed E-state index contributed by atoms with van der Waals surface area (Å²) in [6.07, 6.45) is 3.41. The van der Waals surface area contributed by atoms with E-state index >= 15 is 0 Å². The number of hydrogen-bond acceptors (Lipinski definition) is 5. The van der Waals surface area contributed by atoms with Crippen LogP contribution in [0.15, 0.2) is 18.5 Å². The molecule has 0 aromatic carbocycles. The molecule has 0 spiro atoms. The van der Waals surface area contributed by atoms with Crippen LogP contribution in [0, 0.1) is 0 Å². The number of anilines is 1. The van der Waals surface area contributed by atoms with E-state index in [9.17, 15) is 4.79 Å². The quantitative estimate of drug-likeness (QED) is 0.717. The topological polar surface area (TPSA) is 61.4 Å². The number of aromatic nitrogens is 2. The van der Waals surface area contributed by atoms with E-state index in [2.05, 4.69) is 15.3 Å². The molecule has 6 heteroatoms. The van der Waals surface area contributed by atoms with E-state index in [0.717, 1.165) is 26.2 Å². The monoisotopic (exact) mass is 233 g/mol. The Labute approximate surface area is 99.6 Å². The van der Waals surface area contributed by atoms with Gasteiger partial charge in [0, 0.05) is 38.6 Å². The SMILES string of the molecule is O=C1CN(c2ncccn2)CCN1C1CNC1. The van der Waals surface area contributed by atoms with Crippen molar-refractivity contribution in [3.05, 3.63) is 18.5 Å². The first-order chi connectivity index (χ1) is 8.34. The van der Waals surface area contributed by atoms with Crippen LogP contribution >= 0.6 is 0 Å². The zero-order valence-corrected chi connectivity index (χ0v) is 9.54. The number of carbonyl (C=O) groups is 1. The van der Waals surface area contributed by atoms with Gasteiger partial charge in [-0.25, -0.2) is 9.97 Å². The second kappa shape index (κ2) is 4.29. The highest BCUT2D eigenvalue weighted by atomic mass is 16.2. The molecule has 0 radical (unpaired) electrons. The lowest BCUT2D eigenvalue weighted by Gasteiger charge is -2.43. The lowest BCUT2D eigenvalue weighted by Crippen LogP contribution is -2.63. The fraction of sp³-hybridized carbons (Fsp3) is 0.545. The van der Waals surface area contributed by atoms with E-state index in [1.54, 1.807) is 18.5 Å². The van der Waals surface area contributed by atoms with Crippen molar-refractivity contribution in [2.75, 3.05) is 37.6 Å². The van der Waals surface area contributed by atoms with Crippen molar-refractivity contribution in [1.29, 1.82) is 0 Å². The third-order valence-electron chi connectivity index (χ3n) is 3.29. The molecule has 0 saturated carbocycles. The van der Waals surface area contributed by atoms with Crippen LogP contribution in [0.5, 0.6) is 0 Å². The molecule has 1 aromatic rings. The molecule has 2 aliphatic rings. The molecule has 1 N–H and O–H groups in total. The van der Waals surface area contributed by atoms with Gasteiger partial charge < -0.3 is 15.1 Å². The van der Waals surface area contributed by atoms with Crippen molar-refractivity contribution in [1.82, 2.24) is 20.2 Å². The second-order valence-corrected chi connectivity index (χ2v) is 4.37. The van der Waals surface area contributed by atoms with Gasteiger partial charge in [0.25, 0.3) is 0 Å². The van der Waals surface area contributed by atoms with Gasteiger partial charge in [-0.2, -0.15) is 0 Å². The summed E-state index contributed by atoms with van der Waals surface area (Å²) in [5.41, 5.74) is 0. The number of carbonyl (C=O) groups excluding carboxylic acids is 1. The summed E-state index contributed by atoms with van der Waals surface area (Å²) in [5, 5.41) is 3.19. The predicted molar refractivity (Wildman–Crippen MR) is 62.6 cm³/mol.